The Bertz CT molecular complexity index is 544. The van der Waals surface area contributed by atoms with Gasteiger partial charge in [0, 0.05) is 12.0 Å². The molecule has 84 valence electrons. The number of rotatable bonds is 2. The van der Waals surface area contributed by atoms with Gasteiger partial charge in [0.2, 0.25) is 5.88 Å². The monoisotopic (exact) mass is 217 g/mol. The molecular formula is C12H15N3O. The smallest absolute Gasteiger partial charge is 0.215 e. The van der Waals surface area contributed by atoms with Crippen LogP contribution in [0.15, 0.2) is 12.1 Å². The molecule has 0 radical (unpaired) electrons. The molecule has 0 aliphatic heterocycles. The summed E-state index contributed by atoms with van der Waals surface area (Å²) in [6.07, 6.45) is 1.20. The molecule has 1 fully saturated rings. The van der Waals surface area contributed by atoms with E-state index in [-0.39, 0.29) is 0 Å². The Kier molecular flexibility index (Phi) is 1.79. The van der Waals surface area contributed by atoms with Crippen LogP contribution in [0.3, 0.4) is 0 Å². The quantitative estimate of drug-likeness (QED) is 0.840. The van der Waals surface area contributed by atoms with Crippen LogP contribution in [-0.2, 0) is 0 Å². The maximum Gasteiger partial charge on any atom is 0.215 e. The second kappa shape index (κ2) is 2.97. The highest BCUT2D eigenvalue weighted by atomic mass is 16.5. The zero-order chi connectivity index (χ0) is 11.3. The lowest BCUT2D eigenvalue weighted by molar-refractivity contribution is 0.399. The average molecular weight is 217 g/mol. The minimum absolute atomic E-state index is 0.387. The van der Waals surface area contributed by atoms with E-state index in [1.165, 1.54) is 6.42 Å². The summed E-state index contributed by atoms with van der Waals surface area (Å²) in [4.78, 5) is 12.2. The summed E-state index contributed by atoms with van der Waals surface area (Å²) in [7, 11) is 1.62. The van der Waals surface area contributed by atoms with Crippen molar-refractivity contribution in [1.29, 1.82) is 0 Å². The molecule has 0 spiro atoms. The van der Waals surface area contributed by atoms with Crippen LogP contribution in [0.1, 0.15) is 32.0 Å². The van der Waals surface area contributed by atoms with E-state index in [2.05, 4.69) is 28.8 Å². The molecule has 3 rings (SSSR count). The van der Waals surface area contributed by atoms with Crippen LogP contribution in [0, 0.1) is 5.41 Å². The molecule has 1 atom stereocenters. The molecule has 1 saturated carbocycles. The van der Waals surface area contributed by atoms with Crippen molar-refractivity contribution in [3.8, 4) is 5.88 Å². The van der Waals surface area contributed by atoms with Gasteiger partial charge in [0.1, 0.15) is 5.82 Å². The Hall–Kier alpha value is -1.58. The zero-order valence-electron chi connectivity index (χ0n) is 9.74. The lowest BCUT2D eigenvalue weighted by Gasteiger charge is -1.97. The molecule has 2 heterocycles. The van der Waals surface area contributed by atoms with Crippen LogP contribution in [0.25, 0.3) is 11.2 Å². The van der Waals surface area contributed by atoms with Gasteiger partial charge < -0.3 is 9.72 Å². The second-order valence-corrected chi connectivity index (χ2v) is 5.09. The van der Waals surface area contributed by atoms with Crippen LogP contribution < -0.4 is 4.74 Å². The van der Waals surface area contributed by atoms with Gasteiger partial charge in [-0.15, -0.1) is 0 Å². The van der Waals surface area contributed by atoms with Crippen molar-refractivity contribution in [3.05, 3.63) is 18.0 Å². The third kappa shape index (κ3) is 1.37. The van der Waals surface area contributed by atoms with Crippen molar-refractivity contribution < 1.29 is 4.74 Å². The number of nitrogens with zero attached hydrogens (tertiary/aromatic N) is 2. The van der Waals surface area contributed by atoms with Gasteiger partial charge in [0.15, 0.2) is 5.65 Å². The molecule has 1 N–H and O–H groups in total. The van der Waals surface area contributed by atoms with E-state index in [1.54, 1.807) is 7.11 Å². The average Bonchev–Trinajstić information content (AvgIpc) is 2.74. The van der Waals surface area contributed by atoms with Gasteiger partial charge in [-0.2, -0.15) is 4.98 Å². The van der Waals surface area contributed by atoms with E-state index in [0.29, 0.717) is 17.2 Å². The third-order valence-electron chi connectivity index (χ3n) is 3.39. The Labute approximate surface area is 94.1 Å². The Morgan fingerprint density at radius 3 is 2.75 bits per heavy atom. The maximum atomic E-state index is 5.08. The maximum absolute atomic E-state index is 5.08. The van der Waals surface area contributed by atoms with Crippen LogP contribution >= 0.6 is 0 Å². The standard InChI is InChI=1S/C12H15N3O/c1-12(2)6-7(12)10-13-8-4-5-9(16-3)14-11(8)15-10/h4-5,7H,6H2,1-3H3,(H,13,14,15). The predicted molar refractivity (Wildman–Crippen MR) is 61.6 cm³/mol. The number of methoxy groups -OCH3 is 1. The fourth-order valence-corrected chi connectivity index (χ4v) is 2.11. The number of nitrogens with one attached hydrogen (secondary N) is 1. The van der Waals surface area contributed by atoms with Gasteiger partial charge in [-0.1, -0.05) is 13.8 Å². The van der Waals surface area contributed by atoms with Crippen molar-refractivity contribution in [2.24, 2.45) is 5.41 Å². The predicted octanol–water partition coefficient (Wildman–Crippen LogP) is 2.48. The minimum Gasteiger partial charge on any atom is -0.481 e. The number of fused-ring (bicyclic) bond motifs is 1. The first kappa shape index (κ1) is 9.63. The van der Waals surface area contributed by atoms with Crippen molar-refractivity contribution in [1.82, 2.24) is 15.0 Å². The largest absolute Gasteiger partial charge is 0.481 e. The molecule has 1 aliphatic rings. The molecule has 0 aromatic carbocycles. The fourth-order valence-electron chi connectivity index (χ4n) is 2.11. The molecule has 4 heteroatoms. The topological polar surface area (TPSA) is 50.8 Å². The van der Waals surface area contributed by atoms with Gasteiger partial charge in [0.05, 0.1) is 12.6 Å². The van der Waals surface area contributed by atoms with Crippen LogP contribution in [0.2, 0.25) is 0 Å². The number of hydrogen-bond acceptors (Lipinski definition) is 3. The minimum atomic E-state index is 0.387. The number of imidazole rings is 1. The van der Waals surface area contributed by atoms with E-state index >= 15 is 0 Å². The van der Waals surface area contributed by atoms with E-state index in [0.717, 1.165) is 17.0 Å². The molecule has 2 aromatic heterocycles. The molecular weight excluding hydrogens is 202 g/mol. The summed E-state index contributed by atoms with van der Waals surface area (Å²) in [5.74, 6) is 2.22. The molecule has 0 amide bonds. The SMILES string of the molecule is COc1ccc2[nH]c(C3CC3(C)C)nc2n1. The van der Waals surface area contributed by atoms with Gasteiger partial charge in [0.25, 0.3) is 0 Å². The molecule has 1 aliphatic carbocycles. The first-order chi connectivity index (χ1) is 7.60. The first-order valence-electron chi connectivity index (χ1n) is 5.51. The Morgan fingerprint density at radius 1 is 1.38 bits per heavy atom. The molecule has 1 unspecified atom stereocenters. The number of ether oxygens (including phenoxy) is 1. The first-order valence-corrected chi connectivity index (χ1v) is 5.51. The van der Waals surface area contributed by atoms with E-state index in [1.807, 2.05) is 12.1 Å². The third-order valence-corrected chi connectivity index (χ3v) is 3.39. The second-order valence-electron chi connectivity index (χ2n) is 5.09. The summed E-state index contributed by atoms with van der Waals surface area (Å²) >= 11 is 0. The summed E-state index contributed by atoms with van der Waals surface area (Å²) in [6, 6.07) is 3.81. The van der Waals surface area contributed by atoms with Gasteiger partial charge >= 0.3 is 0 Å². The number of aromatic amines is 1. The molecule has 0 bridgehead atoms. The summed E-state index contributed by atoms with van der Waals surface area (Å²) in [6.45, 7) is 4.53. The Morgan fingerprint density at radius 2 is 2.12 bits per heavy atom. The van der Waals surface area contributed by atoms with E-state index < -0.39 is 0 Å². The molecule has 0 saturated heterocycles. The van der Waals surface area contributed by atoms with Crippen molar-refractivity contribution in [2.45, 2.75) is 26.2 Å². The Balaban J connectivity index is 2.03. The number of aromatic nitrogens is 3. The summed E-state index contributed by atoms with van der Waals surface area (Å²) in [5.41, 5.74) is 2.12. The van der Waals surface area contributed by atoms with Gasteiger partial charge in [-0.25, -0.2) is 4.98 Å². The number of H-pyrrole nitrogens is 1. The normalized spacial score (nSPS) is 22.3. The zero-order valence-corrected chi connectivity index (χ0v) is 9.74. The van der Waals surface area contributed by atoms with Crippen LogP contribution in [-0.4, -0.2) is 22.1 Å². The molecule has 2 aromatic rings. The summed E-state index contributed by atoms with van der Waals surface area (Å²) < 4.78 is 5.08. The van der Waals surface area contributed by atoms with Crippen molar-refractivity contribution in [3.63, 3.8) is 0 Å². The lowest BCUT2D eigenvalue weighted by Crippen LogP contribution is -1.91. The highest BCUT2D eigenvalue weighted by molar-refractivity contribution is 5.71. The van der Waals surface area contributed by atoms with E-state index in [9.17, 15) is 0 Å². The van der Waals surface area contributed by atoms with Gasteiger partial charge in [-0.3, -0.25) is 0 Å². The van der Waals surface area contributed by atoms with Crippen molar-refractivity contribution in [2.75, 3.05) is 7.11 Å². The highest BCUT2D eigenvalue weighted by Crippen LogP contribution is 2.57. The molecule has 16 heavy (non-hydrogen) atoms. The van der Waals surface area contributed by atoms with Crippen LogP contribution in [0.4, 0.5) is 0 Å². The lowest BCUT2D eigenvalue weighted by atomic mass is 10.1. The molecule has 4 nitrogen and oxygen atoms in total. The van der Waals surface area contributed by atoms with E-state index in [4.69, 9.17) is 4.74 Å². The number of hydrogen-bond donors (Lipinski definition) is 1. The highest BCUT2D eigenvalue weighted by Gasteiger charge is 2.48. The summed E-state index contributed by atoms with van der Waals surface area (Å²) in [5, 5.41) is 0. The van der Waals surface area contributed by atoms with Gasteiger partial charge in [-0.05, 0) is 17.9 Å². The van der Waals surface area contributed by atoms with Crippen LogP contribution in [0.5, 0.6) is 5.88 Å². The number of pyridine rings is 1. The fraction of sp³-hybridized carbons (Fsp3) is 0.500. The van der Waals surface area contributed by atoms with Crippen molar-refractivity contribution >= 4 is 11.2 Å².